The lowest BCUT2D eigenvalue weighted by atomic mass is 10.1. The Kier molecular flexibility index (Phi) is 2.73. The van der Waals surface area contributed by atoms with Gasteiger partial charge in [0.1, 0.15) is 11.7 Å². The monoisotopic (exact) mass is 233 g/mol. The van der Waals surface area contributed by atoms with Crippen LogP contribution in [0.2, 0.25) is 0 Å². The fourth-order valence-corrected chi connectivity index (χ4v) is 1.49. The van der Waals surface area contributed by atoms with Crippen LogP contribution in [0.5, 0.6) is 0 Å². The van der Waals surface area contributed by atoms with Gasteiger partial charge in [-0.15, -0.1) is 0 Å². The predicted molar refractivity (Wildman–Crippen MR) is 56.8 cm³/mol. The molecule has 1 radical (unpaired) electrons. The Balaban J connectivity index is 2.27. The second kappa shape index (κ2) is 4.20. The Hall–Kier alpha value is -2.44. The van der Waals surface area contributed by atoms with Crippen LogP contribution in [0.15, 0.2) is 24.4 Å². The molecule has 0 saturated carbocycles. The van der Waals surface area contributed by atoms with Gasteiger partial charge in [-0.2, -0.15) is 5.32 Å². The van der Waals surface area contributed by atoms with Gasteiger partial charge in [-0.1, -0.05) is 6.07 Å². The van der Waals surface area contributed by atoms with Crippen LogP contribution in [0.1, 0.15) is 0 Å². The van der Waals surface area contributed by atoms with Gasteiger partial charge in [0.05, 0.1) is 0 Å². The number of pyridine rings is 1. The number of rotatable bonds is 2. The highest BCUT2D eigenvalue weighted by Crippen LogP contribution is 2.16. The summed E-state index contributed by atoms with van der Waals surface area (Å²) in [6.45, 7) is -0.118. The third-order valence-corrected chi connectivity index (χ3v) is 2.37. The quantitative estimate of drug-likeness (QED) is 0.678. The molecule has 2 heterocycles. The minimum Gasteiger partial charge on any atom is -0.369 e. The molecule has 1 saturated heterocycles. The Bertz CT molecular complexity index is 474. The van der Waals surface area contributed by atoms with Gasteiger partial charge in [-0.25, -0.2) is 9.78 Å². The van der Waals surface area contributed by atoms with Crippen molar-refractivity contribution < 1.29 is 14.4 Å². The normalized spacial score (nSPS) is 20.0. The molecule has 1 unspecified atom stereocenters. The average molecular weight is 233 g/mol. The highest BCUT2D eigenvalue weighted by Gasteiger charge is 2.38. The van der Waals surface area contributed by atoms with Gasteiger partial charge in [-0.05, 0) is 12.1 Å². The van der Waals surface area contributed by atoms with E-state index < -0.39 is 23.8 Å². The van der Waals surface area contributed by atoms with Crippen molar-refractivity contribution in [2.45, 2.75) is 0 Å². The molecule has 4 amide bonds. The van der Waals surface area contributed by atoms with Crippen LogP contribution in [-0.4, -0.2) is 29.4 Å². The molecule has 1 aromatic heterocycles. The number of imide groups is 1. The number of primary amides is 1. The van der Waals surface area contributed by atoms with Gasteiger partial charge in [0.25, 0.3) is 5.91 Å². The van der Waals surface area contributed by atoms with Gasteiger partial charge >= 0.3 is 6.03 Å². The number of aromatic nitrogens is 1. The summed E-state index contributed by atoms with van der Waals surface area (Å²) in [6, 6.07) is 4.23. The van der Waals surface area contributed by atoms with Crippen LogP contribution in [0.25, 0.3) is 0 Å². The molecule has 87 valence electrons. The smallest absolute Gasteiger partial charge is 0.352 e. The SMILES string of the molecule is NC(=O)C1CN(c2ccccn2)C(=O)[N]C1=O. The second-order valence-corrected chi connectivity index (χ2v) is 3.49. The van der Waals surface area contributed by atoms with Crippen LogP contribution in [0.4, 0.5) is 10.6 Å². The first-order chi connectivity index (χ1) is 8.09. The molecule has 7 nitrogen and oxygen atoms in total. The van der Waals surface area contributed by atoms with Crippen molar-refractivity contribution >= 4 is 23.7 Å². The molecule has 7 heteroatoms. The summed E-state index contributed by atoms with van der Waals surface area (Å²) in [5.41, 5.74) is 5.07. The summed E-state index contributed by atoms with van der Waals surface area (Å²) in [6.07, 6.45) is 1.50. The number of amides is 4. The fraction of sp³-hybridized carbons (Fsp3) is 0.200. The molecule has 17 heavy (non-hydrogen) atoms. The predicted octanol–water partition coefficient (Wildman–Crippen LogP) is -0.746. The third kappa shape index (κ3) is 2.07. The zero-order chi connectivity index (χ0) is 12.4. The fourth-order valence-electron chi connectivity index (χ4n) is 1.49. The molecule has 2 N–H and O–H groups in total. The average Bonchev–Trinajstić information content (AvgIpc) is 2.29. The van der Waals surface area contributed by atoms with E-state index in [1.165, 1.54) is 6.20 Å². The van der Waals surface area contributed by atoms with Crippen LogP contribution in [-0.2, 0) is 9.59 Å². The standard InChI is InChI=1S/C10H9N4O3/c11-8(15)6-5-14(10(17)13-9(6)16)7-3-1-2-4-12-7/h1-4,6H,5H2,(H2,11,15). The first-order valence-corrected chi connectivity index (χ1v) is 4.87. The van der Waals surface area contributed by atoms with Crippen LogP contribution in [0, 0.1) is 5.92 Å². The summed E-state index contributed by atoms with van der Waals surface area (Å²) >= 11 is 0. The van der Waals surface area contributed by atoms with Gasteiger partial charge in [0.2, 0.25) is 5.91 Å². The summed E-state index contributed by atoms with van der Waals surface area (Å²) in [7, 11) is 0. The van der Waals surface area contributed by atoms with Crippen molar-refractivity contribution in [3.05, 3.63) is 24.4 Å². The highest BCUT2D eigenvalue weighted by atomic mass is 16.2. The molecule has 1 aliphatic heterocycles. The molecule has 0 aliphatic carbocycles. The van der Waals surface area contributed by atoms with Crippen LogP contribution < -0.4 is 16.0 Å². The Labute approximate surface area is 96.6 Å². The molecular formula is C10H9N4O3. The van der Waals surface area contributed by atoms with E-state index in [2.05, 4.69) is 10.3 Å². The zero-order valence-corrected chi connectivity index (χ0v) is 8.74. The lowest BCUT2D eigenvalue weighted by Gasteiger charge is -2.27. The van der Waals surface area contributed by atoms with Gasteiger partial charge in [0.15, 0.2) is 0 Å². The minimum absolute atomic E-state index is 0.118. The van der Waals surface area contributed by atoms with Crippen molar-refractivity contribution in [3.8, 4) is 0 Å². The van der Waals surface area contributed by atoms with Crippen LogP contribution in [0.3, 0.4) is 0 Å². The van der Waals surface area contributed by atoms with E-state index in [1.807, 2.05) is 0 Å². The molecule has 1 aromatic rings. The van der Waals surface area contributed by atoms with E-state index >= 15 is 0 Å². The molecular weight excluding hydrogens is 224 g/mol. The maximum absolute atomic E-state index is 11.5. The maximum Gasteiger partial charge on any atom is 0.352 e. The Morgan fingerprint density at radius 3 is 2.76 bits per heavy atom. The molecule has 1 aliphatic rings. The second-order valence-electron chi connectivity index (χ2n) is 3.49. The van der Waals surface area contributed by atoms with Gasteiger partial charge < -0.3 is 5.73 Å². The van der Waals surface area contributed by atoms with E-state index in [4.69, 9.17) is 5.73 Å². The molecule has 0 aromatic carbocycles. The third-order valence-electron chi connectivity index (χ3n) is 2.37. The lowest BCUT2D eigenvalue weighted by molar-refractivity contribution is -0.133. The van der Waals surface area contributed by atoms with E-state index in [0.29, 0.717) is 5.82 Å². The number of urea groups is 1. The summed E-state index contributed by atoms with van der Waals surface area (Å²) < 4.78 is 0. The lowest BCUT2D eigenvalue weighted by Crippen LogP contribution is -2.54. The summed E-state index contributed by atoms with van der Waals surface area (Å²) in [5.74, 6) is -2.36. The number of carbonyl (C=O) groups excluding carboxylic acids is 3. The largest absolute Gasteiger partial charge is 0.369 e. The summed E-state index contributed by atoms with van der Waals surface area (Å²) in [4.78, 5) is 38.9. The molecule has 0 bridgehead atoms. The van der Waals surface area contributed by atoms with Crippen molar-refractivity contribution in [2.75, 3.05) is 11.4 Å². The topological polar surface area (TPSA) is 107 Å². The minimum atomic E-state index is -1.10. The number of hydrogen-bond acceptors (Lipinski definition) is 4. The van der Waals surface area contributed by atoms with Crippen molar-refractivity contribution in [1.82, 2.24) is 10.3 Å². The van der Waals surface area contributed by atoms with Gasteiger partial charge in [0, 0.05) is 12.7 Å². The maximum atomic E-state index is 11.5. The van der Waals surface area contributed by atoms with E-state index in [0.717, 1.165) is 4.90 Å². The van der Waals surface area contributed by atoms with E-state index in [1.54, 1.807) is 18.2 Å². The Morgan fingerprint density at radius 2 is 2.18 bits per heavy atom. The van der Waals surface area contributed by atoms with E-state index in [-0.39, 0.29) is 6.54 Å². The first-order valence-electron chi connectivity index (χ1n) is 4.87. The molecule has 2 rings (SSSR count). The number of nitrogens with zero attached hydrogens (tertiary/aromatic N) is 3. The number of nitrogens with two attached hydrogens (primary N) is 1. The zero-order valence-electron chi connectivity index (χ0n) is 8.74. The van der Waals surface area contributed by atoms with E-state index in [9.17, 15) is 14.4 Å². The molecule has 0 spiro atoms. The van der Waals surface area contributed by atoms with Crippen molar-refractivity contribution in [3.63, 3.8) is 0 Å². The molecule has 1 fully saturated rings. The van der Waals surface area contributed by atoms with Crippen molar-refractivity contribution in [2.24, 2.45) is 11.7 Å². The van der Waals surface area contributed by atoms with Crippen LogP contribution >= 0.6 is 0 Å². The number of hydrogen-bond donors (Lipinski definition) is 1. The van der Waals surface area contributed by atoms with Crippen molar-refractivity contribution in [1.29, 1.82) is 0 Å². The highest BCUT2D eigenvalue weighted by molar-refractivity contribution is 6.12. The number of anilines is 1. The first kappa shape index (κ1) is 11.1. The van der Waals surface area contributed by atoms with Gasteiger partial charge in [-0.3, -0.25) is 14.5 Å². The Morgan fingerprint density at radius 1 is 1.41 bits per heavy atom. The summed E-state index contributed by atoms with van der Waals surface area (Å²) in [5, 5.41) is 3.25. The number of carbonyl (C=O) groups is 3. The molecule has 1 atom stereocenters.